The molecule has 2 aliphatic rings. The van der Waals surface area contributed by atoms with Crippen LogP contribution in [0.2, 0.25) is 0 Å². The summed E-state index contributed by atoms with van der Waals surface area (Å²) in [5.74, 6) is 0.682. The summed E-state index contributed by atoms with van der Waals surface area (Å²) in [7, 11) is 0. The number of halogens is 1. The van der Waals surface area contributed by atoms with Crippen LogP contribution in [0.5, 0.6) is 5.75 Å². The summed E-state index contributed by atoms with van der Waals surface area (Å²) in [6, 6.07) is 16.7. The summed E-state index contributed by atoms with van der Waals surface area (Å²) in [5, 5.41) is 3.32. The van der Waals surface area contributed by atoms with Crippen molar-refractivity contribution in [3.05, 3.63) is 78.5 Å². The standard InChI is InChI=1S/C32H38FN5O4S/c1-2-20-41-27-12-8-25(9-13-27)34-30(39)22-29-31(40)38(23-28-5-3-21-42-28)32(43)37(29)15-4-14-35-16-18-36(19-17-35)26-10-6-24(33)7-11-26/h3,5-13,21,29H,2,4,14-20,22-23H2,1H3,(H,34,39)/t29-/m0/s1. The third kappa shape index (κ3) is 7.91. The lowest BCUT2D eigenvalue weighted by atomic mass is 10.1. The van der Waals surface area contributed by atoms with Gasteiger partial charge in [-0.1, -0.05) is 6.92 Å². The van der Waals surface area contributed by atoms with Crippen LogP contribution in [0.15, 0.2) is 71.3 Å². The first-order chi connectivity index (χ1) is 20.9. The lowest BCUT2D eigenvalue weighted by Gasteiger charge is -2.36. The van der Waals surface area contributed by atoms with Gasteiger partial charge in [-0.05, 0) is 92.3 Å². The average Bonchev–Trinajstić information content (AvgIpc) is 3.61. The second kappa shape index (κ2) is 14.5. The van der Waals surface area contributed by atoms with E-state index >= 15 is 0 Å². The number of hydrogen-bond acceptors (Lipinski definition) is 7. The maximum absolute atomic E-state index is 13.6. The third-order valence-electron chi connectivity index (χ3n) is 7.73. The largest absolute Gasteiger partial charge is 0.494 e. The minimum Gasteiger partial charge on any atom is -0.494 e. The minimum absolute atomic E-state index is 0.0158. The molecule has 1 atom stereocenters. The van der Waals surface area contributed by atoms with Gasteiger partial charge in [-0.3, -0.25) is 19.4 Å². The van der Waals surface area contributed by atoms with Gasteiger partial charge in [-0.2, -0.15) is 0 Å². The van der Waals surface area contributed by atoms with Crippen LogP contribution in [-0.4, -0.2) is 83.5 Å². The fourth-order valence-corrected chi connectivity index (χ4v) is 5.81. The molecular formula is C32H38FN5O4S. The van der Waals surface area contributed by atoms with E-state index in [-0.39, 0.29) is 30.6 Å². The van der Waals surface area contributed by atoms with Crippen molar-refractivity contribution in [1.29, 1.82) is 0 Å². The van der Waals surface area contributed by atoms with E-state index in [1.165, 1.54) is 17.0 Å². The van der Waals surface area contributed by atoms with E-state index in [2.05, 4.69) is 15.1 Å². The Morgan fingerprint density at radius 2 is 1.79 bits per heavy atom. The highest BCUT2D eigenvalue weighted by Crippen LogP contribution is 2.25. The number of carbonyl (C=O) groups is 2. The predicted octanol–water partition coefficient (Wildman–Crippen LogP) is 4.75. The van der Waals surface area contributed by atoms with Crippen molar-refractivity contribution in [2.75, 3.05) is 56.1 Å². The van der Waals surface area contributed by atoms with Crippen LogP contribution in [0.3, 0.4) is 0 Å². The van der Waals surface area contributed by atoms with Gasteiger partial charge in [0.25, 0.3) is 5.91 Å². The topological polar surface area (TPSA) is 81.5 Å². The molecule has 1 N–H and O–H groups in total. The number of rotatable bonds is 13. The fourth-order valence-electron chi connectivity index (χ4n) is 5.44. The van der Waals surface area contributed by atoms with Gasteiger partial charge in [0.1, 0.15) is 23.4 Å². The fraction of sp³-hybridized carbons (Fsp3) is 0.406. The third-order valence-corrected chi connectivity index (χ3v) is 8.18. The summed E-state index contributed by atoms with van der Waals surface area (Å²) < 4.78 is 24.4. The number of hydrogen-bond donors (Lipinski definition) is 1. The molecule has 0 bridgehead atoms. The summed E-state index contributed by atoms with van der Waals surface area (Å²) in [4.78, 5) is 34.7. The smallest absolute Gasteiger partial charge is 0.252 e. The molecule has 2 aromatic carbocycles. The zero-order valence-corrected chi connectivity index (χ0v) is 25.2. The molecule has 0 saturated carbocycles. The van der Waals surface area contributed by atoms with Crippen molar-refractivity contribution in [2.24, 2.45) is 0 Å². The van der Waals surface area contributed by atoms with Crippen LogP contribution >= 0.6 is 12.2 Å². The van der Waals surface area contributed by atoms with Gasteiger partial charge in [-0.25, -0.2) is 4.39 Å². The number of piperazine rings is 1. The molecule has 3 heterocycles. The zero-order chi connectivity index (χ0) is 30.2. The van der Waals surface area contributed by atoms with E-state index in [1.807, 2.05) is 36.1 Å². The Morgan fingerprint density at radius 1 is 1.05 bits per heavy atom. The summed E-state index contributed by atoms with van der Waals surface area (Å²) in [5.41, 5.74) is 1.67. The van der Waals surface area contributed by atoms with E-state index < -0.39 is 6.04 Å². The molecule has 228 valence electrons. The second-order valence-electron chi connectivity index (χ2n) is 10.8. The zero-order valence-electron chi connectivity index (χ0n) is 24.4. The van der Waals surface area contributed by atoms with E-state index in [1.54, 1.807) is 30.5 Å². The number of benzene rings is 2. The molecular weight excluding hydrogens is 569 g/mol. The first-order valence-corrected chi connectivity index (χ1v) is 15.2. The lowest BCUT2D eigenvalue weighted by molar-refractivity contribution is -0.131. The molecule has 11 heteroatoms. The maximum atomic E-state index is 13.6. The molecule has 0 aliphatic carbocycles. The molecule has 3 aromatic rings. The van der Waals surface area contributed by atoms with Crippen LogP contribution in [0.1, 0.15) is 31.9 Å². The van der Waals surface area contributed by atoms with E-state index in [9.17, 15) is 14.0 Å². The van der Waals surface area contributed by atoms with Gasteiger partial charge < -0.3 is 24.3 Å². The van der Waals surface area contributed by atoms with Gasteiger partial charge >= 0.3 is 0 Å². The molecule has 0 unspecified atom stereocenters. The van der Waals surface area contributed by atoms with Gasteiger partial charge in [0.15, 0.2) is 5.11 Å². The van der Waals surface area contributed by atoms with Crippen molar-refractivity contribution in [2.45, 2.75) is 38.8 Å². The van der Waals surface area contributed by atoms with Crippen molar-refractivity contribution >= 4 is 40.5 Å². The van der Waals surface area contributed by atoms with Crippen molar-refractivity contribution in [3.8, 4) is 5.75 Å². The van der Waals surface area contributed by atoms with Gasteiger partial charge in [0.2, 0.25) is 5.91 Å². The average molecular weight is 608 g/mol. The summed E-state index contributed by atoms with van der Waals surface area (Å²) in [6.45, 7) is 7.79. The number of ether oxygens (including phenoxy) is 1. The van der Waals surface area contributed by atoms with E-state index in [0.29, 0.717) is 29.7 Å². The van der Waals surface area contributed by atoms with Crippen LogP contribution in [-0.2, 0) is 16.1 Å². The number of thiocarbonyl (C=S) groups is 1. The molecule has 9 nitrogen and oxygen atoms in total. The number of nitrogens with one attached hydrogen (secondary N) is 1. The molecule has 2 saturated heterocycles. The van der Waals surface area contributed by atoms with Crippen molar-refractivity contribution in [1.82, 2.24) is 14.7 Å². The van der Waals surface area contributed by atoms with Gasteiger partial charge in [-0.15, -0.1) is 0 Å². The number of carbonyl (C=O) groups excluding carboxylic acids is 2. The summed E-state index contributed by atoms with van der Waals surface area (Å²) >= 11 is 5.77. The number of amides is 2. The molecule has 0 radical (unpaired) electrons. The Hall–Kier alpha value is -3.96. The predicted molar refractivity (Wildman–Crippen MR) is 167 cm³/mol. The first-order valence-electron chi connectivity index (χ1n) is 14.8. The Bertz CT molecular complexity index is 1360. The highest BCUT2D eigenvalue weighted by Gasteiger charge is 2.43. The molecule has 2 fully saturated rings. The van der Waals surface area contributed by atoms with Crippen LogP contribution < -0.4 is 15.0 Å². The van der Waals surface area contributed by atoms with Crippen LogP contribution in [0.4, 0.5) is 15.8 Å². The molecule has 2 amide bonds. The van der Waals surface area contributed by atoms with Gasteiger partial charge in [0, 0.05) is 44.1 Å². The van der Waals surface area contributed by atoms with Crippen molar-refractivity contribution in [3.63, 3.8) is 0 Å². The highest BCUT2D eigenvalue weighted by atomic mass is 32.1. The molecule has 0 spiro atoms. The monoisotopic (exact) mass is 607 g/mol. The second-order valence-corrected chi connectivity index (χ2v) is 11.1. The SMILES string of the molecule is CCCOc1ccc(NC(=O)C[C@H]2C(=O)N(Cc3ccco3)C(=S)N2CCCN2CCN(c3ccc(F)cc3)CC2)cc1. The molecule has 5 rings (SSSR count). The van der Waals surface area contributed by atoms with E-state index in [4.69, 9.17) is 21.4 Å². The molecule has 1 aromatic heterocycles. The summed E-state index contributed by atoms with van der Waals surface area (Å²) in [6.07, 6.45) is 3.25. The molecule has 2 aliphatic heterocycles. The van der Waals surface area contributed by atoms with Gasteiger partial charge in [0.05, 0.1) is 25.8 Å². The highest BCUT2D eigenvalue weighted by molar-refractivity contribution is 7.80. The lowest BCUT2D eigenvalue weighted by Crippen LogP contribution is -2.47. The Balaban J connectivity index is 1.17. The number of anilines is 2. The quantitative estimate of drug-likeness (QED) is 0.279. The number of furan rings is 1. The molecule has 43 heavy (non-hydrogen) atoms. The van der Waals surface area contributed by atoms with Crippen LogP contribution in [0.25, 0.3) is 0 Å². The maximum Gasteiger partial charge on any atom is 0.252 e. The Kier molecular flexibility index (Phi) is 10.3. The van der Waals surface area contributed by atoms with E-state index in [0.717, 1.165) is 57.0 Å². The Labute approximate surface area is 257 Å². The van der Waals surface area contributed by atoms with Crippen molar-refractivity contribution < 1.29 is 23.1 Å². The minimum atomic E-state index is -0.690. The number of nitrogens with zero attached hydrogens (tertiary/aromatic N) is 4. The Morgan fingerprint density at radius 3 is 2.47 bits per heavy atom. The first kappa shape index (κ1) is 30.5. The normalized spacial score (nSPS) is 17.5. The van der Waals surface area contributed by atoms with Crippen LogP contribution in [0, 0.1) is 5.82 Å².